The first kappa shape index (κ1) is 71.9. The lowest BCUT2D eigenvalue weighted by Crippen LogP contribution is -2.61. The molecule has 1 heterocycles. The lowest BCUT2D eigenvalue weighted by molar-refractivity contribution is -0.305. The molecular formula is C66H115NO10. The minimum absolute atomic E-state index is 0.0247. The molecule has 1 aliphatic rings. The topological polar surface area (TPSA) is 175 Å². The van der Waals surface area contributed by atoms with Crippen LogP contribution in [0.25, 0.3) is 0 Å². The van der Waals surface area contributed by atoms with Crippen LogP contribution in [0.4, 0.5) is 0 Å². The molecule has 0 aromatic rings. The van der Waals surface area contributed by atoms with Crippen molar-refractivity contribution in [3.63, 3.8) is 0 Å². The zero-order valence-corrected chi connectivity index (χ0v) is 49.1. The molecule has 444 valence electrons. The maximum Gasteiger partial charge on any atom is 0.306 e. The zero-order chi connectivity index (χ0) is 56.1. The van der Waals surface area contributed by atoms with Crippen molar-refractivity contribution in [1.82, 2.24) is 5.32 Å². The van der Waals surface area contributed by atoms with Gasteiger partial charge in [0, 0.05) is 6.42 Å². The van der Waals surface area contributed by atoms with E-state index in [1.54, 1.807) is 6.08 Å². The van der Waals surface area contributed by atoms with Crippen LogP contribution in [-0.4, -0.2) is 99.6 Å². The van der Waals surface area contributed by atoms with Crippen molar-refractivity contribution in [3.05, 3.63) is 85.1 Å². The highest BCUT2D eigenvalue weighted by molar-refractivity contribution is 5.80. The average molecular weight is 1080 g/mol. The van der Waals surface area contributed by atoms with E-state index in [2.05, 4.69) is 44.3 Å². The van der Waals surface area contributed by atoms with Gasteiger partial charge in [-0.2, -0.15) is 0 Å². The number of aliphatic hydroxyl groups is 5. The second-order valence-corrected chi connectivity index (χ2v) is 21.5. The summed E-state index contributed by atoms with van der Waals surface area (Å²) in [5.74, 6) is -1.27. The molecule has 11 nitrogen and oxygen atoms in total. The summed E-state index contributed by atoms with van der Waals surface area (Å²) >= 11 is 0. The minimum Gasteiger partial charge on any atom is -0.454 e. The number of allylic oxidation sites excluding steroid dienone is 13. The fourth-order valence-corrected chi connectivity index (χ4v) is 9.44. The number of carbonyl (C=O) groups excluding carboxylic acids is 2. The molecule has 1 saturated heterocycles. The van der Waals surface area contributed by atoms with Crippen LogP contribution in [0.5, 0.6) is 0 Å². The Kier molecular flexibility index (Phi) is 49.9. The van der Waals surface area contributed by atoms with Crippen LogP contribution >= 0.6 is 0 Å². The number of amides is 1. The quantitative estimate of drug-likeness (QED) is 0.0149. The number of carbonyl (C=O) groups is 2. The molecule has 1 aliphatic heterocycles. The third-order valence-electron chi connectivity index (χ3n) is 14.4. The van der Waals surface area contributed by atoms with Crippen LogP contribution in [0.1, 0.15) is 258 Å². The Balaban J connectivity index is 2.62. The molecule has 0 spiro atoms. The van der Waals surface area contributed by atoms with Crippen LogP contribution in [0.3, 0.4) is 0 Å². The van der Waals surface area contributed by atoms with Crippen molar-refractivity contribution >= 4 is 11.9 Å². The summed E-state index contributed by atoms with van der Waals surface area (Å²) in [5, 5.41) is 56.9. The van der Waals surface area contributed by atoms with Gasteiger partial charge in [0.05, 0.1) is 25.4 Å². The lowest BCUT2D eigenvalue weighted by atomic mass is 9.99. The molecule has 8 unspecified atom stereocenters. The Hall–Kier alpha value is -3.16. The Bertz CT molecular complexity index is 1570. The van der Waals surface area contributed by atoms with Crippen molar-refractivity contribution in [2.45, 2.75) is 307 Å². The van der Waals surface area contributed by atoms with Gasteiger partial charge >= 0.3 is 5.97 Å². The monoisotopic (exact) mass is 1080 g/mol. The highest BCUT2D eigenvalue weighted by Crippen LogP contribution is 2.26. The molecule has 0 aliphatic carbocycles. The largest absolute Gasteiger partial charge is 0.454 e. The van der Waals surface area contributed by atoms with Crippen molar-refractivity contribution in [2.24, 2.45) is 0 Å². The Labute approximate surface area is 470 Å². The molecular weight excluding hydrogens is 967 g/mol. The zero-order valence-electron chi connectivity index (χ0n) is 49.1. The molecule has 0 bridgehead atoms. The number of rotatable bonds is 52. The van der Waals surface area contributed by atoms with E-state index in [4.69, 9.17) is 14.2 Å². The summed E-state index contributed by atoms with van der Waals surface area (Å²) in [5.41, 5.74) is 0. The van der Waals surface area contributed by atoms with Crippen LogP contribution in [-0.2, 0) is 23.8 Å². The Morgan fingerprint density at radius 2 is 0.948 bits per heavy atom. The molecule has 6 N–H and O–H groups in total. The first-order chi connectivity index (χ1) is 37.7. The summed E-state index contributed by atoms with van der Waals surface area (Å²) in [6.07, 6.45) is 59.4. The highest BCUT2D eigenvalue weighted by Gasteiger charge is 2.47. The summed E-state index contributed by atoms with van der Waals surface area (Å²) in [6, 6.07) is -1.04. The van der Waals surface area contributed by atoms with Crippen LogP contribution in [0.15, 0.2) is 85.1 Å². The van der Waals surface area contributed by atoms with Gasteiger partial charge in [-0.15, -0.1) is 0 Å². The van der Waals surface area contributed by atoms with Gasteiger partial charge in [-0.25, -0.2) is 0 Å². The van der Waals surface area contributed by atoms with Crippen molar-refractivity contribution in [1.29, 1.82) is 0 Å². The third kappa shape index (κ3) is 41.5. The van der Waals surface area contributed by atoms with Gasteiger partial charge < -0.3 is 45.1 Å². The Morgan fingerprint density at radius 1 is 0.519 bits per heavy atom. The van der Waals surface area contributed by atoms with Gasteiger partial charge in [-0.1, -0.05) is 273 Å². The molecule has 0 saturated carbocycles. The van der Waals surface area contributed by atoms with E-state index >= 15 is 0 Å². The van der Waals surface area contributed by atoms with E-state index in [1.807, 2.05) is 60.8 Å². The van der Waals surface area contributed by atoms with Crippen LogP contribution < -0.4 is 5.32 Å². The maximum atomic E-state index is 13.4. The predicted octanol–water partition coefficient (Wildman–Crippen LogP) is 14.9. The molecule has 1 rings (SSSR count). The second kappa shape index (κ2) is 53.5. The number of nitrogens with one attached hydrogen (secondary N) is 1. The normalized spacial score (nSPS) is 19.6. The SMILES string of the molecule is CC/C=C/C=C/C=C\C=C/C=C/CCCC(=O)OC1C(OCC(NC(=O)C(O)CCCCCCCCCCCCCCCC/C=C/CCCCCCCC)C(O)/C=C/CCCCCCCCCCC)OC(CO)C(O)C1O. The van der Waals surface area contributed by atoms with Gasteiger partial charge in [-0.05, 0) is 64.2 Å². The summed E-state index contributed by atoms with van der Waals surface area (Å²) in [7, 11) is 0. The number of ether oxygens (including phenoxy) is 3. The first-order valence-corrected chi connectivity index (χ1v) is 31.4. The van der Waals surface area contributed by atoms with E-state index in [0.29, 0.717) is 19.3 Å². The second-order valence-electron chi connectivity index (χ2n) is 21.5. The van der Waals surface area contributed by atoms with E-state index in [-0.39, 0.29) is 19.4 Å². The standard InChI is InChI=1S/C66H115NO10/c1-4-7-10-13-16-19-22-24-25-26-27-28-29-30-31-32-33-34-36-38-41-44-47-50-53-59(70)65(74)67-57(58(69)52-49-46-43-40-37-21-18-15-12-9-6-3)56-75-66-64(63(73)62(72)60(55-68)76-66)77-61(71)54-51-48-45-42-39-35-23-20-17-14-11-8-5-2/h8,11,14,17,20,23-25,35,39,42,45,49,52,57-60,62-64,66,68-70,72-73H,4-7,9-10,12-13,15-16,18-19,21-22,26-34,36-38,40-41,43-44,46-48,50-51,53-56H2,1-3H3,(H,67,74)/b11-8+,17-14+,23-20-,25-24+,39-35-,45-42+,52-49+. The Morgan fingerprint density at radius 3 is 1.43 bits per heavy atom. The minimum atomic E-state index is -1.64. The molecule has 0 aromatic carbocycles. The third-order valence-corrected chi connectivity index (χ3v) is 14.4. The van der Waals surface area contributed by atoms with Crippen LogP contribution in [0.2, 0.25) is 0 Å². The molecule has 77 heavy (non-hydrogen) atoms. The number of hydrogen-bond donors (Lipinski definition) is 6. The fourth-order valence-electron chi connectivity index (χ4n) is 9.44. The number of esters is 1. The van der Waals surface area contributed by atoms with Gasteiger partial charge in [0.15, 0.2) is 12.4 Å². The number of aliphatic hydroxyl groups excluding tert-OH is 5. The van der Waals surface area contributed by atoms with E-state index < -0.39 is 67.4 Å². The molecule has 8 atom stereocenters. The fraction of sp³-hybridized carbons (Fsp3) is 0.758. The molecule has 0 aromatic heterocycles. The number of hydrogen-bond acceptors (Lipinski definition) is 10. The smallest absolute Gasteiger partial charge is 0.306 e. The molecule has 1 amide bonds. The van der Waals surface area contributed by atoms with Gasteiger partial charge in [0.1, 0.15) is 24.4 Å². The average Bonchev–Trinajstić information content (AvgIpc) is 3.44. The van der Waals surface area contributed by atoms with E-state index in [9.17, 15) is 35.1 Å². The summed E-state index contributed by atoms with van der Waals surface area (Å²) in [4.78, 5) is 26.5. The summed E-state index contributed by atoms with van der Waals surface area (Å²) in [6.45, 7) is 5.59. The van der Waals surface area contributed by atoms with Crippen molar-refractivity contribution < 1.29 is 49.3 Å². The van der Waals surface area contributed by atoms with Gasteiger partial charge in [-0.3, -0.25) is 9.59 Å². The molecule has 11 heteroatoms. The van der Waals surface area contributed by atoms with Crippen LogP contribution in [0, 0.1) is 0 Å². The molecule has 1 fully saturated rings. The van der Waals surface area contributed by atoms with Gasteiger partial charge in [0.2, 0.25) is 5.91 Å². The number of unbranched alkanes of at least 4 members (excludes halogenated alkanes) is 30. The van der Waals surface area contributed by atoms with E-state index in [1.165, 1.54) is 154 Å². The van der Waals surface area contributed by atoms with Crippen molar-refractivity contribution in [2.75, 3.05) is 13.2 Å². The predicted molar refractivity (Wildman–Crippen MR) is 319 cm³/mol. The van der Waals surface area contributed by atoms with Gasteiger partial charge in [0.25, 0.3) is 0 Å². The lowest BCUT2D eigenvalue weighted by Gasteiger charge is -2.41. The maximum absolute atomic E-state index is 13.4. The highest BCUT2D eigenvalue weighted by atomic mass is 16.7. The van der Waals surface area contributed by atoms with E-state index in [0.717, 1.165) is 51.4 Å². The summed E-state index contributed by atoms with van der Waals surface area (Å²) < 4.78 is 17.5. The van der Waals surface area contributed by atoms with Crippen molar-refractivity contribution in [3.8, 4) is 0 Å². The first-order valence-electron chi connectivity index (χ1n) is 31.4. The molecule has 0 radical (unpaired) electrons.